The van der Waals surface area contributed by atoms with Crippen molar-refractivity contribution in [2.75, 3.05) is 31.1 Å². The summed E-state index contributed by atoms with van der Waals surface area (Å²) < 4.78 is 0. The maximum atomic E-state index is 13.2. The minimum atomic E-state index is 0.0273. The lowest BCUT2D eigenvalue weighted by molar-refractivity contribution is 0.0742. The first-order valence-corrected chi connectivity index (χ1v) is 10.4. The Morgan fingerprint density at radius 3 is 2.41 bits per heavy atom. The van der Waals surface area contributed by atoms with E-state index < -0.39 is 0 Å². The first-order chi connectivity index (χ1) is 14.1. The van der Waals surface area contributed by atoms with Crippen molar-refractivity contribution >= 4 is 23.6 Å². The molecule has 148 valence electrons. The van der Waals surface area contributed by atoms with Gasteiger partial charge in [0, 0.05) is 49.7 Å². The van der Waals surface area contributed by atoms with E-state index in [0.29, 0.717) is 24.6 Å². The molecule has 7 heteroatoms. The van der Waals surface area contributed by atoms with Gasteiger partial charge in [0.05, 0.1) is 5.56 Å². The zero-order valence-electron chi connectivity index (χ0n) is 16.6. The number of piperazine rings is 1. The monoisotopic (exact) mass is 405 g/mol. The Balaban J connectivity index is 1.49. The second-order valence-corrected chi connectivity index (χ2v) is 8.09. The van der Waals surface area contributed by atoms with Crippen LogP contribution in [-0.4, -0.2) is 51.9 Å². The van der Waals surface area contributed by atoms with Gasteiger partial charge in [0.2, 0.25) is 5.95 Å². The fourth-order valence-electron chi connectivity index (χ4n) is 3.29. The normalized spacial score (nSPS) is 14.1. The van der Waals surface area contributed by atoms with Crippen LogP contribution in [0.4, 0.5) is 5.95 Å². The zero-order chi connectivity index (χ0) is 20.2. The molecule has 0 bridgehead atoms. The number of pyridine rings is 1. The van der Waals surface area contributed by atoms with Gasteiger partial charge in [-0.2, -0.15) is 0 Å². The molecule has 0 unspecified atom stereocenters. The molecule has 0 saturated carbocycles. The minimum Gasteiger partial charge on any atom is -0.337 e. The molecular formula is C22H23N5OS. The molecule has 2 aromatic heterocycles. The maximum Gasteiger partial charge on any atom is 0.256 e. The number of aromatic nitrogens is 3. The van der Waals surface area contributed by atoms with Gasteiger partial charge in [0.15, 0.2) is 0 Å². The van der Waals surface area contributed by atoms with Crippen molar-refractivity contribution < 1.29 is 4.79 Å². The van der Waals surface area contributed by atoms with E-state index in [2.05, 4.69) is 51.9 Å². The number of aryl methyl sites for hydroxylation is 2. The lowest BCUT2D eigenvalue weighted by atomic mass is 10.2. The van der Waals surface area contributed by atoms with Crippen LogP contribution in [-0.2, 0) is 0 Å². The van der Waals surface area contributed by atoms with Gasteiger partial charge in [-0.1, -0.05) is 23.9 Å². The molecule has 4 rings (SSSR count). The summed E-state index contributed by atoms with van der Waals surface area (Å²) in [6.07, 6.45) is 5.23. The van der Waals surface area contributed by atoms with Crippen LogP contribution >= 0.6 is 11.8 Å². The number of rotatable bonds is 4. The van der Waals surface area contributed by atoms with Gasteiger partial charge in [0.25, 0.3) is 5.91 Å². The maximum absolute atomic E-state index is 13.2. The summed E-state index contributed by atoms with van der Waals surface area (Å²) >= 11 is 1.56. The molecule has 1 amide bonds. The van der Waals surface area contributed by atoms with Crippen LogP contribution in [0.1, 0.15) is 21.5 Å². The Morgan fingerprint density at radius 2 is 1.66 bits per heavy atom. The Hall–Kier alpha value is -2.93. The third-order valence-electron chi connectivity index (χ3n) is 4.95. The molecule has 0 atom stereocenters. The number of carbonyl (C=O) groups excluding carboxylic acids is 1. The molecule has 1 aliphatic rings. The van der Waals surface area contributed by atoms with E-state index in [4.69, 9.17) is 0 Å². The highest BCUT2D eigenvalue weighted by atomic mass is 32.2. The molecule has 1 saturated heterocycles. The number of anilines is 1. The summed E-state index contributed by atoms with van der Waals surface area (Å²) in [7, 11) is 0. The highest BCUT2D eigenvalue weighted by Gasteiger charge is 2.25. The molecule has 29 heavy (non-hydrogen) atoms. The third kappa shape index (κ3) is 4.40. The highest BCUT2D eigenvalue weighted by Crippen LogP contribution is 2.32. The van der Waals surface area contributed by atoms with E-state index in [1.54, 1.807) is 36.4 Å². The van der Waals surface area contributed by atoms with Crippen LogP contribution in [0.2, 0.25) is 0 Å². The molecule has 0 radical (unpaired) electrons. The van der Waals surface area contributed by atoms with E-state index in [1.165, 1.54) is 11.1 Å². The molecule has 0 aliphatic carbocycles. The quantitative estimate of drug-likeness (QED) is 0.661. The Labute approximate surface area is 175 Å². The molecule has 1 fully saturated rings. The summed E-state index contributed by atoms with van der Waals surface area (Å²) in [4.78, 5) is 31.5. The van der Waals surface area contributed by atoms with E-state index >= 15 is 0 Å². The second-order valence-electron chi connectivity index (χ2n) is 7.06. The Morgan fingerprint density at radius 1 is 0.931 bits per heavy atom. The fraction of sp³-hybridized carbons (Fsp3) is 0.273. The molecule has 6 nitrogen and oxygen atoms in total. The van der Waals surface area contributed by atoms with Gasteiger partial charge < -0.3 is 9.80 Å². The van der Waals surface area contributed by atoms with Crippen LogP contribution < -0.4 is 4.90 Å². The average Bonchev–Trinajstić information content (AvgIpc) is 2.77. The molecule has 0 N–H and O–H groups in total. The third-order valence-corrected chi connectivity index (χ3v) is 6.13. The summed E-state index contributed by atoms with van der Waals surface area (Å²) in [5, 5.41) is 0.750. The second kappa shape index (κ2) is 8.61. The predicted octanol–water partition coefficient (Wildman–Crippen LogP) is 3.60. The van der Waals surface area contributed by atoms with Gasteiger partial charge in [-0.05, 0) is 49.2 Å². The SMILES string of the molecule is Cc1ccc(C)c(Sc2ncccc2C(=O)N2CCN(c3ncccn3)CC2)c1. The smallest absolute Gasteiger partial charge is 0.256 e. The number of benzene rings is 1. The van der Waals surface area contributed by atoms with Gasteiger partial charge in [-0.3, -0.25) is 4.79 Å². The largest absolute Gasteiger partial charge is 0.337 e. The van der Waals surface area contributed by atoms with Gasteiger partial charge in [-0.15, -0.1) is 0 Å². The topological polar surface area (TPSA) is 62.2 Å². The molecule has 1 aromatic carbocycles. The van der Waals surface area contributed by atoms with E-state index in [9.17, 15) is 4.79 Å². The minimum absolute atomic E-state index is 0.0273. The van der Waals surface area contributed by atoms with Gasteiger partial charge in [0.1, 0.15) is 5.03 Å². The molecule has 0 spiro atoms. The molecule has 3 heterocycles. The van der Waals surface area contributed by atoms with Gasteiger partial charge in [-0.25, -0.2) is 15.0 Å². The zero-order valence-corrected chi connectivity index (χ0v) is 17.4. The first-order valence-electron chi connectivity index (χ1n) is 9.63. The Kier molecular flexibility index (Phi) is 5.76. The van der Waals surface area contributed by atoms with Crippen LogP contribution in [0.25, 0.3) is 0 Å². The molecule has 1 aliphatic heterocycles. The fourth-order valence-corrected chi connectivity index (χ4v) is 4.35. The van der Waals surface area contributed by atoms with Crippen molar-refractivity contribution in [2.24, 2.45) is 0 Å². The number of hydrogen-bond donors (Lipinski definition) is 0. The lowest BCUT2D eigenvalue weighted by Crippen LogP contribution is -2.49. The number of amides is 1. The number of hydrogen-bond acceptors (Lipinski definition) is 6. The standard InChI is InChI=1S/C22H23N5OS/c1-16-6-7-17(2)19(15-16)29-20-18(5-3-8-23-20)21(28)26-11-13-27(14-12-26)22-24-9-4-10-25-22/h3-10,15H,11-14H2,1-2H3. The summed E-state index contributed by atoms with van der Waals surface area (Å²) in [6, 6.07) is 11.8. The summed E-state index contributed by atoms with van der Waals surface area (Å²) in [6.45, 7) is 6.87. The number of nitrogens with zero attached hydrogens (tertiary/aromatic N) is 5. The first kappa shape index (κ1) is 19.4. The highest BCUT2D eigenvalue weighted by molar-refractivity contribution is 7.99. The van der Waals surface area contributed by atoms with Crippen molar-refractivity contribution in [1.82, 2.24) is 19.9 Å². The molecular weight excluding hydrogens is 382 g/mol. The molecule has 3 aromatic rings. The van der Waals surface area contributed by atoms with E-state index in [0.717, 1.165) is 23.0 Å². The summed E-state index contributed by atoms with van der Waals surface area (Å²) in [5.41, 5.74) is 3.03. The van der Waals surface area contributed by atoms with Crippen LogP contribution in [0.3, 0.4) is 0 Å². The van der Waals surface area contributed by atoms with E-state index in [-0.39, 0.29) is 5.91 Å². The van der Waals surface area contributed by atoms with Crippen LogP contribution in [0, 0.1) is 13.8 Å². The van der Waals surface area contributed by atoms with Gasteiger partial charge >= 0.3 is 0 Å². The lowest BCUT2D eigenvalue weighted by Gasteiger charge is -2.34. The van der Waals surface area contributed by atoms with Crippen LogP contribution in [0.15, 0.2) is 64.9 Å². The summed E-state index contributed by atoms with van der Waals surface area (Å²) in [5.74, 6) is 0.742. The van der Waals surface area contributed by atoms with E-state index in [1.807, 2.05) is 17.0 Å². The van der Waals surface area contributed by atoms with Crippen molar-refractivity contribution in [1.29, 1.82) is 0 Å². The van der Waals surface area contributed by atoms with Crippen molar-refractivity contribution in [2.45, 2.75) is 23.8 Å². The van der Waals surface area contributed by atoms with Crippen molar-refractivity contribution in [3.63, 3.8) is 0 Å². The van der Waals surface area contributed by atoms with Crippen molar-refractivity contribution in [3.05, 3.63) is 71.7 Å². The predicted molar refractivity (Wildman–Crippen MR) is 114 cm³/mol. The van der Waals surface area contributed by atoms with Crippen LogP contribution in [0.5, 0.6) is 0 Å². The number of carbonyl (C=O) groups is 1. The Bertz CT molecular complexity index is 1000. The average molecular weight is 406 g/mol. The van der Waals surface area contributed by atoms with Crippen molar-refractivity contribution in [3.8, 4) is 0 Å².